The predicted molar refractivity (Wildman–Crippen MR) is 99.3 cm³/mol. The lowest BCUT2D eigenvalue weighted by Crippen LogP contribution is -1.89. The van der Waals surface area contributed by atoms with Crippen molar-refractivity contribution in [2.45, 2.75) is 0 Å². The zero-order valence-corrected chi connectivity index (χ0v) is 15.2. The summed E-state index contributed by atoms with van der Waals surface area (Å²) in [4.78, 5) is 0. The van der Waals surface area contributed by atoms with Crippen molar-refractivity contribution in [1.82, 2.24) is 10.2 Å². The van der Waals surface area contributed by atoms with E-state index >= 15 is 0 Å². The first-order valence-corrected chi connectivity index (χ1v) is 8.36. The number of hydrogen-bond acceptors (Lipinski definition) is 2. The molecule has 0 fully saturated rings. The number of rotatable bonds is 2. The fourth-order valence-corrected chi connectivity index (χ4v) is 3.30. The topological polar surface area (TPSA) is 54.7 Å². The van der Waals surface area contributed by atoms with Crippen LogP contribution < -0.4 is 5.73 Å². The van der Waals surface area contributed by atoms with Gasteiger partial charge in [0.1, 0.15) is 0 Å². The summed E-state index contributed by atoms with van der Waals surface area (Å²) < 4.78 is 2.12. The van der Waals surface area contributed by atoms with E-state index in [0.717, 1.165) is 30.4 Å². The van der Waals surface area contributed by atoms with Crippen LogP contribution in [0.25, 0.3) is 22.4 Å². The highest BCUT2D eigenvalue weighted by Crippen LogP contribution is 2.38. The second kappa shape index (κ2) is 5.98. The van der Waals surface area contributed by atoms with Gasteiger partial charge in [-0.1, -0.05) is 39.7 Å². The number of nitrogen functional groups attached to an aromatic ring is 1. The van der Waals surface area contributed by atoms with Crippen molar-refractivity contribution in [2.24, 2.45) is 0 Å². The van der Waals surface area contributed by atoms with Gasteiger partial charge in [0.25, 0.3) is 0 Å². The molecule has 6 heteroatoms. The first kappa shape index (κ1) is 14.9. The Kier molecular flexibility index (Phi) is 4.24. The maximum absolute atomic E-state index is 6.09. The van der Waals surface area contributed by atoms with Gasteiger partial charge in [0.05, 0.1) is 11.3 Å². The zero-order chi connectivity index (χ0) is 15.0. The first-order chi connectivity index (χ1) is 10.1. The van der Waals surface area contributed by atoms with Crippen molar-refractivity contribution < 1.29 is 0 Å². The molecule has 3 aromatic rings. The standard InChI is InChI=1S/C15H10BrClIN3/c16-12-5-4-10(18)7-11(12)14-13(15(19)21-20-14)8-2-1-3-9(17)6-8/h1-7H,(H3,19,20,21). The molecule has 0 aliphatic carbocycles. The molecule has 0 saturated heterocycles. The third-order valence-electron chi connectivity index (χ3n) is 3.11. The van der Waals surface area contributed by atoms with Crippen LogP contribution in [0.3, 0.4) is 0 Å². The number of benzene rings is 2. The van der Waals surface area contributed by atoms with Crippen molar-refractivity contribution >= 4 is 55.9 Å². The minimum atomic E-state index is 0.457. The van der Waals surface area contributed by atoms with Crippen molar-refractivity contribution in [1.29, 1.82) is 0 Å². The van der Waals surface area contributed by atoms with E-state index in [1.165, 1.54) is 0 Å². The monoisotopic (exact) mass is 473 g/mol. The fourth-order valence-electron chi connectivity index (χ4n) is 2.18. The summed E-state index contributed by atoms with van der Waals surface area (Å²) in [6.07, 6.45) is 0. The molecule has 0 radical (unpaired) electrons. The molecule has 0 saturated carbocycles. The predicted octanol–water partition coefficient (Wildman–Crippen LogP) is 5.35. The Balaban J connectivity index is 2.24. The number of nitrogens with two attached hydrogens (primary N) is 1. The molecule has 0 amide bonds. The summed E-state index contributed by atoms with van der Waals surface area (Å²) in [6, 6.07) is 13.7. The number of aromatic nitrogens is 2. The van der Waals surface area contributed by atoms with Crippen LogP contribution >= 0.6 is 50.1 Å². The van der Waals surface area contributed by atoms with Crippen LogP contribution in [0.2, 0.25) is 5.02 Å². The smallest absolute Gasteiger partial charge is 0.153 e. The Bertz CT molecular complexity index is 816. The molecular weight excluding hydrogens is 464 g/mol. The summed E-state index contributed by atoms with van der Waals surface area (Å²) in [5.74, 6) is 0.457. The quantitative estimate of drug-likeness (QED) is 0.492. The first-order valence-electron chi connectivity index (χ1n) is 6.11. The van der Waals surface area contributed by atoms with Gasteiger partial charge in [-0.05, 0) is 58.5 Å². The van der Waals surface area contributed by atoms with Gasteiger partial charge in [-0.3, -0.25) is 5.10 Å². The molecule has 21 heavy (non-hydrogen) atoms. The molecule has 3 nitrogen and oxygen atoms in total. The zero-order valence-electron chi connectivity index (χ0n) is 10.7. The Labute approximate surface area is 149 Å². The van der Waals surface area contributed by atoms with E-state index in [4.69, 9.17) is 17.3 Å². The van der Waals surface area contributed by atoms with E-state index in [1.807, 2.05) is 36.4 Å². The van der Waals surface area contributed by atoms with Gasteiger partial charge in [0.15, 0.2) is 5.82 Å². The van der Waals surface area contributed by atoms with Crippen molar-refractivity contribution in [2.75, 3.05) is 5.73 Å². The van der Waals surface area contributed by atoms with E-state index in [2.05, 4.69) is 54.8 Å². The molecule has 1 aromatic heterocycles. The summed E-state index contributed by atoms with van der Waals surface area (Å²) in [5.41, 5.74) is 9.74. The highest BCUT2D eigenvalue weighted by Gasteiger charge is 2.17. The molecule has 0 unspecified atom stereocenters. The molecule has 0 spiro atoms. The molecule has 1 heterocycles. The number of nitrogens with zero attached hydrogens (tertiary/aromatic N) is 1. The van der Waals surface area contributed by atoms with Crippen LogP contribution in [0.5, 0.6) is 0 Å². The largest absolute Gasteiger partial charge is 0.382 e. The molecule has 3 rings (SSSR count). The average molecular weight is 475 g/mol. The Morgan fingerprint density at radius 2 is 2.00 bits per heavy atom. The molecule has 0 aliphatic rings. The third kappa shape index (κ3) is 2.95. The number of aromatic amines is 1. The van der Waals surface area contributed by atoms with Gasteiger partial charge < -0.3 is 5.73 Å². The van der Waals surface area contributed by atoms with Gasteiger partial charge in [0, 0.05) is 18.6 Å². The van der Waals surface area contributed by atoms with Crippen LogP contribution in [0.15, 0.2) is 46.9 Å². The van der Waals surface area contributed by atoms with E-state index in [0.29, 0.717) is 10.8 Å². The fraction of sp³-hybridized carbons (Fsp3) is 0. The SMILES string of the molecule is Nc1n[nH]c(-c2cc(I)ccc2Br)c1-c1cccc(Cl)c1. The van der Waals surface area contributed by atoms with Crippen LogP contribution in [-0.2, 0) is 0 Å². The van der Waals surface area contributed by atoms with Crippen LogP contribution in [0, 0.1) is 3.57 Å². The van der Waals surface area contributed by atoms with E-state index < -0.39 is 0 Å². The van der Waals surface area contributed by atoms with E-state index in [9.17, 15) is 0 Å². The maximum atomic E-state index is 6.09. The minimum Gasteiger partial charge on any atom is -0.382 e. The lowest BCUT2D eigenvalue weighted by Gasteiger charge is -2.08. The Hall–Kier alpha value is -1.05. The van der Waals surface area contributed by atoms with Crippen LogP contribution in [0.4, 0.5) is 5.82 Å². The van der Waals surface area contributed by atoms with Crippen LogP contribution in [-0.4, -0.2) is 10.2 Å². The second-order valence-corrected chi connectivity index (χ2v) is 7.03. The molecule has 2 aromatic carbocycles. The van der Waals surface area contributed by atoms with E-state index in [1.54, 1.807) is 0 Å². The van der Waals surface area contributed by atoms with Gasteiger partial charge in [-0.25, -0.2) is 0 Å². The summed E-state index contributed by atoms with van der Waals surface area (Å²) in [6.45, 7) is 0. The molecule has 0 aliphatic heterocycles. The third-order valence-corrected chi connectivity index (χ3v) is 4.70. The van der Waals surface area contributed by atoms with Crippen molar-refractivity contribution in [3.63, 3.8) is 0 Å². The van der Waals surface area contributed by atoms with Gasteiger partial charge in [0.2, 0.25) is 0 Å². The molecule has 0 bridgehead atoms. The number of anilines is 1. The minimum absolute atomic E-state index is 0.457. The molecule has 0 atom stereocenters. The molecule has 106 valence electrons. The van der Waals surface area contributed by atoms with Gasteiger partial charge in [-0.15, -0.1) is 0 Å². The van der Waals surface area contributed by atoms with Crippen LogP contribution in [0.1, 0.15) is 0 Å². The van der Waals surface area contributed by atoms with Gasteiger partial charge in [-0.2, -0.15) is 5.10 Å². The normalized spacial score (nSPS) is 10.8. The van der Waals surface area contributed by atoms with Crippen molar-refractivity contribution in [3.8, 4) is 22.4 Å². The lowest BCUT2D eigenvalue weighted by atomic mass is 10.0. The summed E-state index contributed by atoms with van der Waals surface area (Å²) >= 11 is 11.9. The number of H-pyrrole nitrogens is 1. The highest BCUT2D eigenvalue weighted by molar-refractivity contribution is 14.1. The Morgan fingerprint density at radius 3 is 2.76 bits per heavy atom. The van der Waals surface area contributed by atoms with Gasteiger partial charge >= 0.3 is 0 Å². The lowest BCUT2D eigenvalue weighted by molar-refractivity contribution is 1.10. The summed E-state index contributed by atoms with van der Waals surface area (Å²) in [5, 5.41) is 7.85. The van der Waals surface area contributed by atoms with E-state index in [-0.39, 0.29) is 0 Å². The number of nitrogens with one attached hydrogen (secondary N) is 1. The highest BCUT2D eigenvalue weighted by atomic mass is 127. The average Bonchev–Trinajstić information content (AvgIpc) is 2.83. The second-order valence-electron chi connectivity index (χ2n) is 4.49. The number of halogens is 3. The van der Waals surface area contributed by atoms with Crippen molar-refractivity contribution in [3.05, 3.63) is 55.5 Å². The molecule has 3 N–H and O–H groups in total. The Morgan fingerprint density at radius 1 is 1.19 bits per heavy atom. The summed E-state index contributed by atoms with van der Waals surface area (Å²) in [7, 11) is 0. The number of hydrogen-bond donors (Lipinski definition) is 2. The maximum Gasteiger partial charge on any atom is 0.153 e. The molecular formula is C15H10BrClIN3.